The monoisotopic (exact) mass is 251 g/mol. The van der Waals surface area contributed by atoms with Gasteiger partial charge in [-0.05, 0) is 24.6 Å². The molecule has 1 saturated heterocycles. The lowest BCUT2D eigenvalue weighted by molar-refractivity contribution is -0.132. The quantitative estimate of drug-likeness (QED) is 0.789. The first-order chi connectivity index (χ1) is 8.56. The van der Waals surface area contributed by atoms with Crippen LogP contribution in [0.2, 0.25) is 0 Å². The molecule has 0 radical (unpaired) electrons. The number of aryl methyl sites for hydroxylation is 1. The maximum absolute atomic E-state index is 11.8. The summed E-state index contributed by atoms with van der Waals surface area (Å²) in [5.74, 6) is 0.413. The molecule has 1 aromatic rings. The first-order valence-corrected chi connectivity index (χ1v) is 5.89. The Kier molecular flexibility index (Phi) is 3.84. The minimum Gasteiger partial charge on any atom is -0.484 e. The molecule has 1 fully saturated rings. The van der Waals surface area contributed by atoms with Crippen molar-refractivity contribution in [3.05, 3.63) is 29.8 Å². The highest BCUT2D eigenvalue weighted by molar-refractivity contribution is 5.78. The van der Waals surface area contributed by atoms with Crippen molar-refractivity contribution in [3.63, 3.8) is 0 Å². The fourth-order valence-corrected chi connectivity index (χ4v) is 1.91. The summed E-state index contributed by atoms with van der Waals surface area (Å²) >= 11 is 0. The van der Waals surface area contributed by atoms with Crippen LogP contribution in [0, 0.1) is 6.92 Å². The summed E-state index contributed by atoms with van der Waals surface area (Å²) in [6, 6.07) is 7.44. The van der Waals surface area contributed by atoms with E-state index in [1.807, 2.05) is 25.1 Å². The van der Waals surface area contributed by atoms with E-state index < -0.39 is 12.2 Å². The SMILES string of the molecule is Cc1cccc(OCC(=O)N2C[C@@H](O)[C@@H](O)C2)c1. The molecule has 18 heavy (non-hydrogen) atoms. The number of hydrogen-bond donors (Lipinski definition) is 2. The van der Waals surface area contributed by atoms with Gasteiger partial charge in [0.25, 0.3) is 5.91 Å². The zero-order valence-corrected chi connectivity index (χ0v) is 10.2. The molecule has 98 valence electrons. The second-order valence-electron chi connectivity index (χ2n) is 4.54. The van der Waals surface area contributed by atoms with Gasteiger partial charge >= 0.3 is 0 Å². The van der Waals surface area contributed by atoms with Gasteiger partial charge in [-0.2, -0.15) is 0 Å². The summed E-state index contributed by atoms with van der Waals surface area (Å²) in [6.45, 7) is 2.19. The summed E-state index contributed by atoms with van der Waals surface area (Å²) in [7, 11) is 0. The van der Waals surface area contributed by atoms with Crippen LogP contribution in [0.3, 0.4) is 0 Å². The number of β-amino-alcohol motifs (C(OH)–C–C–N with tert-alkyl or cyclic N) is 2. The largest absolute Gasteiger partial charge is 0.484 e. The number of hydrogen-bond acceptors (Lipinski definition) is 4. The molecule has 2 atom stereocenters. The molecule has 1 aliphatic rings. The highest BCUT2D eigenvalue weighted by Crippen LogP contribution is 2.14. The van der Waals surface area contributed by atoms with Crippen molar-refractivity contribution in [1.82, 2.24) is 4.90 Å². The second-order valence-corrected chi connectivity index (χ2v) is 4.54. The number of aliphatic hydroxyl groups is 2. The average molecular weight is 251 g/mol. The number of aliphatic hydroxyl groups excluding tert-OH is 2. The molecule has 2 N–H and O–H groups in total. The van der Waals surface area contributed by atoms with Gasteiger partial charge in [0.05, 0.1) is 12.2 Å². The van der Waals surface area contributed by atoms with Gasteiger partial charge in [-0.3, -0.25) is 4.79 Å². The lowest BCUT2D eigenvalue weighted by atomic mass is 10.2. The normalized spacial score (nSPS) is 23.2. The lowest BCUT2D eigenvalue weighted by Gasteiger charge is -2.15. The molecule has 2 rings (SSSR count). The molecular weight excluding hydrogens is 234 g/mol. The molecule has 0 spiro atoms. The van der Waals surface area contributed by atoms with Crippen molar-refractivity contribution >= 4 is 5.91 Å². The molecular formula is C13H17NO4. The Morgan fingerprint density at radius 3 is 2.67 bits per heavy atom. The van der Waals surface area contributed by atoms with Crippen LogP contribution < -0.4 is 4.74 Å². The van der Waals surface area contributed by atoms with Crippen molar-refractivity contribution in [2.75, 3.05) is 19.7 Å². The highest BCUT2D eigenvalue weighted by Gasteiger charge is 2.32. The molecule has 5 heteroatoms. The molecule has 1 heterocycles. The van der Waals surface area contributed by atoms with Crippen molar-refractivity contribution in [3.8, 4) is 5.75 Å². The summed E-state index contributed by atoms with van der Waals surface area (Å²) in [4.78, 5) is 13.2. The summed E-state index contributed by atoms with van der Waals surface area (Å²) in [5.41, 5.74) is 1.06. The Morgan fingerprint density at radius 2 is 2.06 bits per heavy atom. The van der Waals surface area contributed by atoms with Crippen LogP contribution in [0.25, 0.3) is 0 Å². The van der Waals surface area contributed by atoms with Crippen LogP contribution in [-0.4, -0.2) is 52.9 Å². The molecule has 0 aliphatic carbocycles. The number of likely N-dealkylation sites (tertiary alicyclic amines) is 1. The predicted octanol–water partition coefficient (Wildman–Crippen LogP) is -0.0622. The molecule has 1 aliphatic heterocycles. The number of rotatable bonds is 3. The van der Waals surface area contributed by atoms with E-state index in [0.717, 1.165) is 5.56 Å². The van der Waals surface area contributed by atoms with Gasteiger partial charge in [0, 0.05) is 13.1 Å². The van der Waals surface area contributed by atoms with Gasteiger partial charge in [-0.15, -0.1) is 0 Å². The molecule has 0 bridgehead atoms. The van der Waals surface area contributed by atoms with Crippen LogP contribution in [0.5, 0.6) is 5.75 Å². The van der Waals surface area contributed by atoms with E-state index >= 15 is 0 Å². The third-order valence-electron chi connectivity index (χ3n) is 2.96. The number of carbonyl (C=O) groups excluding carboxylic acids is 1. The van der Waals surface area contributed by atoms with E-state index in [0.29, 0.717) is 5.75 Å². The maximum Gasteiger partial charge on any atom is 0.260 e. The van der Waals surface area contributed by atoms with Crippen LogP contribution in [0.15, 0.2) is 24.3 Å². The summed E-state index contributed by atoms with van der Waals surface area (Å²) in [6.07, 6.45) is -1.71. The standard InChI is InChI=1S/C13H17NO4/c1-9-3-2-4-10(5-9)18-8-13(17)14-6-11(15)12(16)7-14/h2-5,11-12,15-16H,6-8H2,1H3/t11-,12+. The van der Waals surface area contributed by atoms with E-state index in [1.54, 1.807) is 6.07 Å². The third kappa shape index (κ3) is 3.00. The molecule has 1 amide bonds. The first-order valence-electron chi connectivity index (χ1n) is 5.89. The van der Waals surface area contributed by atoms with Crippen molar-refractivity contribution in [2.24, 2.45) is 0 Å². The van der Waals surface area contributed by atoms with Crippen molar-refractivity contribution in [1.29, 1.82) is 0 Å². The Morgan fingerprint density at radius 1 is 1.39 bits per heavy atom. The fraction of sp³-hybridized carbons (Fsp3) is 0.462. The average Bonchev–Trinajstić information content (AvgIpc) is 2.67. The molecule has 1 aromatic carbocycles. The maximum atomic E-state index is 11.8. The lowest BCUT2D eigenvalue weighted by Crippen LogP contribution is -2.33. The second kappa shape index (κ2) is 5.37. The minimum absolute atomic E-state index is 0.0805. The Balaban J connectivity index is 1.85. The number of ether oxygens (including phenoxy) is 1. The van der Waals surface area contributed by atoms with Gasteiger partial charge in [-0.1, -0.05) is 12.1 Å². The van der Waals surface area contributed by atoms with Crippen LogP contribution in [-0.2, 0) is 4.79 Å². The van der Waals surface area contributed by atoms with Crippen molar-refractivity contribution < 1.29 is 19.7 Å². The van der Waals surface area contributed by atoms with Crippen LogP contribution in [0.4, 0.5) is 0 Å². The Hall–Kier alpha value is -1.59. The highest BCUT2D eigenvalue weighted by atomic mass is 16.5. The third-order valence-corrected chi connectivity index (χ3v) is 2.96. The fourth-order valence-electron chi connectivity index (χ4n) is 1.91. The summed E-state index contributed by atoms with van der Waals surface area (Å²) in [5, 5.41) is 18.7. The van der Waals surface area contributed by atoms with Crippen LogP contribution in [0.1, 0.15) is 5.56 Å². The van der Waals surface area contributed by atoms with E-state index in [-0.39, 0.29) is 25.6 Å². The molecule has 0 saturated carbocycles. The zero-order valence-electron chi connectivity index (χ0n) is 10.2. The summed E-state index contributed by atoms with van der Waals surface area (Å²) < 4.78 is 5.38. The van der Waals surface area contributed by atoms with E-state index in [4.69, 9.17) is 4.74 Å². The number of carbonyl (C=O) groups is 1. The van der Waals surface area contributed by atoms with E-state index in [1.165, 1.54) is 4.90 Å². The first kappa shape index (κ1) is 12.9. The van der Waals surface area contributed by atoms with Gasteiger partial charge < -0.3 is 19.8 Å². The van der Waals surface area contributed by atoms with E-state index in [2.05, 4.69) is 0 Å². The minimum atomic E-state index is -0.854. The van der Waals surface area contributed by atoms with E-state index in [9.17, 15) is 15.0 Å². The zero-order chi connectivity index (χ0) is 13.1. The smallest absolute Gasteiger partial charge is 0.260 e. The van der Waals surface area contributed by atoms with Gasteiger partial charge in [-0.25, -0.2) is 0 Å². The number of amides is 1. The molecule has 0 aromatic heterocycles. The number of benzene rings is 1. The van der Waals surface area contributed by atoms with Gasteiger partial charge in [0.15, 0.2) is 6.61 Å². The van der Waals surface area contributed by atoms with Gasteiger partial charge in [0.1, 0.15) is 5.75 Å². The van der Waals surface area contributed by atoms with Gasteiger partial charge in [0.2, 0.25) is 0 Å². The number of nitrogens with zero attached hydrogens (tertiary/aromatic N) is 1. The topological polar surface area (TPSA) is 70.0 Å². The molecule has 5 nitrogen and oxygen atoms in total. The molecule has 0 unspecified atom stereocenters. The Bertz CT molecular complexity index is 425. The van der Waals surface area contributed by atoms with Crippen molar-refractivity contribution in [2.45, 2.75) is 19.1 Å². The Labute approximate surface area is 106 Å². The predicted molar refractivity (Wildman–Crippen MR) is 65.3 cm³/mol. The van der Waals surface area contributed by atoms with Crippen LogP contribution >= 0.6 is 0 Å².